The highest BCUT2D eigenvalue weighted by atomic mass is 32.2. The van der Waals surface area contributed by atoms with Crippen molar-refractivity contribution in [3.63, 3.8) is 0 Å². The van der Waals surface area contributed by atoms with Crippen LogP contribution in [0.2, 0.25) is 0 Å². The smallest absolute Gasteiger partial charge is 0.280 e. The van der Waals surface area contributed by atoms with E-state index in [-0.39, 0.29) is 4.99 Å². The minimum absolute atomic E-state index is 0.146. The van der Waals surface area contributed by atoms with Gasteiger partial charge in [0.2, 0.25) is 0 Å². The lowest BCUT2D eigenvalue weighted by Gasteiger charge is -2.31. The van der Waals surface area contributed by atoms with Gasteiger partial charge >= 0.3 is 0 Å². The third-order valence-corrected chi connectivity index (χ3v) is 4.98. The standard InChI is InChI=1S/C9H19N3O2S2/c1-9(2,8(10)15)11-16(13,14)12-6-4-3-5-7-12/h11H,3-7H2,1-2H3,(H2,10,15). The predicted molar refractivity (Wildman–Crippen MR) is 68.3 cm³/mol. The van der Waals surface area contributed by atoms with Crippen LogP contribution >= 0.6 is 12.2 Å². The number of piperidine rings is 1. The highest BCUT2D eigenvalue weighted by molar-refractivity contribution is 7.87. The van der Waals surface area contributed by atoms with E-state index in [4.69, 9.17) is 18.0 Å². The molecule has 7 heteroatoms. The molecule has 0 bridgehead atoms. The Morgan fingerprint density at radius 1 is 1.31 bits per heavy atom. The van der Waals surface area contributed by atoms with E-state index < -0.39 is 15.7 Å². The van der Waals surface area contributed by atoms with Gasteiger partial charge in [0.05, 0.1) is 10.5 Å². The van der Waals surface area contributed by atoms with Crippen molar-refractivity contribution in [1.29, 1.82) is 0 Å². The summed E-state index contributed by atoms with van der Waals surface area (Å²) in [6, 6.07) is 0. The SMILES string of the molecule is CC(C)(NS(=O)(=O)N1CCCCC1)C(N)=S. The fraction of sp³-hybridized carbons (Fsp3) is 0.889. The Hall–Kier alpha value is -0.240. The highest BCUT2D eigenvalue weighted by Crippen LogP contribution is 2.14. The lowest BCUT2D eigenvalue weighted by Crippen LogP contribution is -2.56. The molecular formula is C9H19N3O2S2. The van der Waals surface area contributed by atoms with Gasteiger partial charge in [-0.25, -0.2) is 0 Å². The van der Waals surface area contributed by atoms with Crippen molar-refractivity contribution in [3.8, 4) is 0 Å². The summed E-state index contributed by atoms with van der Waals surface area (Å²) in [6.45, 7) is 4.47. The molecule has 0 spiro atoms. The number of thiocarbonyl (C=S) groups is 1. The van der Waals surface area contributed by atoms with Gasteiger partial charge in [-0.2, -0.15) is 17.4 Å². The van der Waals surface area contributed by atoms with E-state index in [2.05, 4.69) is 4.72 Å². The maximum absolute atomic E-state index is 12.0. The molecule has 3 N–H and O–H groups in total. The predicted octanol–water partition coefficient (Wildman–Crippen LogP) is 0.371. The molecule has 1 fully saturated rings. The summed E-state index contributed by atoms with van der Waals surface area (Å²) < 4.78 is 28.0. The molecule has 16 heavy (non-hydrogen) atoms. The minimum Gasteiger partial charge on any atom is -0.392 e. The van der Waals surface area contributed by atoms with Crippen molar-refractivity contribution in [3.05, 3.63) is 0 Å². The molecule has 0 saturated carbocycles. The van der Waals surface area contributed by atoms with Gasteiger partial charge in [-0.15, -0.1) is 0 Å². The first-order valence-corrected chi connectivity index (χ1v) is 7.19. The number of hydrogen-bond acceptors (Lipinski definition) is 3. The van der Waals surface area contributed by atoms with Crippen molar-refractivity contribution in [2.24, 2.45) is 5.73 Å². The lowest BCUT2D eigenvalue weighted by atomic mass is 10.1. The topological polar surface area (TPSA) is 75.4 Å². The first-order chi connectivity index (χ1) is 7.26. The van der Waals surface area contributed by atoms with Crippen molar-refractivity contribution >= 4 is 27.4 Å². The van der Waals surface area contributed by atoms with Crippen LogP contribution in [0.25, 0.3) is 0 Å². The van der Waals surface area contributed by atoms with Crippen LogP contribution in [0, 0.1) is 0 Å². The van der Waals surface area contributed by atoms with Gasteiger partial charge in [-0.05, 0) is 26.7 Å². The van der Waals surface area contributed by atoms with Crippen LogP contribution in [0.4, 0.5) is 0 Å². The van der Waals surface area contributed by atoms with Gasteiger partial charge in [0.25, 0.3) is 10.2 Å². The zero-order chi connectivity index (χ0) is 12.4. The fourth-order valence-electron chi connectivity index (χ4n) is 1.54. The van der Waals surface area contributed by atoms with E-state index >= 15 is 0 Å². The van der Waals surface area contributed by atoms with Crippen molar-refractivity contribution in [1.82, 2.24) is 9.03 Å². The van der Waals surface area contributed by atoms with Crippen molar-refractivity contribution in [2.45, 2.75) is 38.6 Å². The summed E-state index contributed by atoms with van der Waals surface area (Å²) in [5.74, 6) is 0. The summed E-state index contributed by atoms with van der Waals surface area (Å²) >= 11 is 4.83. The van der Waals surface area contributed by atoms with Crippen molar-refractivity contribution in [2.75, 3.05) is 13.1 Å². The molecule has 0 aromatic heterocycles. The van der Waals surface area contributed by atoms with E-state index in [9.17, 15) is 8.42 Å². The molecule has 94 valence electrons. The number of nitrogens with two attached hydrogens (primary N) is 1. The molecule has 0 amide bonds. The molecule has 0 radical (unpaired) electrons. The minimum atomic E-state index is -3.47. The summed E-state index contributed by atoms with van der Waals surface area (Å²) in [5.41, 5.74) is 4.61. The Morgan fingerprint density at radius 3 is 2.25 bits per heavy atom. The molecular weight excluding hydrogens is 246 g/mol. The molecule has 0 aromatic rings. The van der Waals surface area contributed by atoms with Crippen LogP contribution in [0.1, 0.15) is 33.1 Å². The van der Waals surface area contributed by atoms with E-state index in [1.807, 2.05) is 0 Å². The molecule has 1 saturated heterocycles. The molecule has 0 unspecified atom stereocenters. The Morgan fingerprint density at radius 2 is 1.81 bits per heavy atom. The third-order valence-electron chi connectivity index (χ3n) is 2.66. The van der Waals surface area contributed by atoms with Gasteiger partial charge in [-0.3, -0.25) is 0 Å². The maximum Gasteiger partial charge on any atom is 0.280 e. The van der Waals surface area contributed by atoms with Crippen LogP contribution in [-0.2, 0) is 10.2 Å². The van der Waals surface area contributed by atoms with E-state index in [1.54, 1.807) is 13.8 Å². The van der Waals surface area contributed by atoms with E-state index in [0.29, 0.717) is 13.1 Å². The molecule has 1 aliphatic heterocycles. The first-order valence-electron chi connectivity index (χ1n) is 5.35. The van der Waals surface area contributed by atoms with Gasteiger partial charge in [0.1, 0.15) is 0 Å². The Bertz CT molecular complexity index is 359. The lowest BCUT2D eigenvalue weighted by molar-refractivity contribution is 0.337. The summed E-state index contributed by atoms with van der Waals surface area (Å²) in [4.78, 5) is 0.146. The Labute approximate surface area is 103 Å². The van der Waals surface area contributed by atoms with Gasteiger partial charge < -0.3 is 5.73 Å². The van der Waals surface area contributed by atoms with Crippen LogP contribution in [0.3, 0.4) is 0 Å². The van der Waals surface area contributed by atoms with E-state index in [0.717, 1.165) is 19.3 Å². The van der Waals surface area contributed by atoms with Crippen LogP contribution < -0.4 is 10.5 Å². The zero-order valence-corrected chi connectivity index (χ0v) is 11.3. The number of hydrogen-bond donors (Lipinski definition) is 2. The normalized spacial score (nSPS) is 19.6. The second kappa shape index (κ2) is 4.95. The molecule has 1 heterocycles. The number of nitrogens with zero attached hydrogens (tertiary/aromatic N) is 1. The average Bonchev–Trinajstić information content (AvgIpc) is 2.17. The summed E-state index contributed by atoms with van der Waals surface area (Å²) in [6.07, 6.45) is 2.91. The van der Waals surface area contributed by atoms with Crippen LogP contribution in [0.15, 0.2) is 0 Å². The van der Waals surface area contributed by atoms with Gasteiger partial charge in [0, 0.05) is 13.1 Å². The Balaban J connectivity index is 2.74. The summed E-state index contributed by atoms with van der Waals surface area (Å²) in [5, 5.41) is 0. The average molecular weight is 265 g/mol. The van der Waals surface area contributed by atoms with E-state index in [1.165, 1.54) is 4.31 Å². The molecule has 0 aliphatic carbocycles. The quantitative estimate of drug-likeness (QED) is 0.720. The number of nitrogens with one attached hydrogen (secondary N) is 1. The molecule has 1 rings (SSSR count). The van der Waals surface area contributed by atoms with Gasteiger partial charge in [0.15, 0.2) is 0 Å². The largest absolute Gasteiger partial charge is 0.392 e. The molecule has 1 aliphatic rings. The van der Waals surface area contributed by atoms with Crippen molar-refractivity contribution < 1.29 is 8.42 Å². The number of rotatable bonds is 4. The Kier molecular flexibility index (Phi) is 4.28. The fourth-order valence-corrected chi connectivity index (χ4v) is 3.28. The van der Waals surface area contributed by atoms with Crippen LogP contribution in [-0.4, -0.2) is 36.3 Å². The first kappa shape index (κ1) is 13.8. The van der Waals surface area contributed by atoms with Gasteiger partial charge in [-0.1, -0.05) is 18.6 Å². The zero-order valence-electron chi connectivity index (χ0n) is 9.69. The maximum atomic E-state index is 12.0. The monoisotopic (exact) mass is 265 g/mol. The molecule has 5 nitrogen and oxygen atoms in total. The van der Waals surface area contributed by atoms with Crippen LogP contribution in [0.5, 0.6) is 0 Å². The molecule has 0 atom stereocenters. The second-order valence-electron chi connectivity index (χ2n) is 4.56. The third kappa shape index (κ3) is 3.38. The highest BCUT2D eigenvalue weighted by Gasteiger charge is 2.32. The molecule has 0 aromatic carbocycles. The second-order valence-corrected chi connectivity index (χ2v) is 6.67. The summed E-state index contributed by atoms with van der Waals surface area (Å²) in [7, 11) is -3.47.